The molecule has 13 heteroatoms. The largest absolute Gasteiger partial charge is 0.385 e. The van der Waals surface area contributed by atoms with Crippen molar-refractivity contribution in [1.29, 1.82) is 0 Å². The summed E-state index contributed by atoms with van der Waals surface area (Å²) in [7, 11) is 0.393. The van der Waals surface area contributed by atoms with Crippen LogP contribution in [0.5, 0.6) is 0 Å². The van der Waals surface area contributed by atoms with Crippen molar-refractivity contribution in [2.75, 3.05) is 25.6 Å². The molecule has 0 saturated heterocycles. The number of pyridine rings is 1. The van der Waals surface area contributed by atoms with Gasteiger partial charge in [-0.2, -0.15) is 14.6 Å². The molecule has 1 atom stereocenters. The number of rotatable bonds is 15. The van der Waals surface area contributed by atoms with Crippen molar-refractivity contribution in [3.63, 3.8) is 0 Å². The van der Waals surface area contributed by atoms with Gasteiger partial charge in [-0.15, -0.1) is 0 Å². The molecule has 3 heterocycles. The van der Waals surface area contributed by atoms with Crippen molar-refractivity contribution in [1.82, 2.24) is 24.5 Å². The van der Waals surface area contributed by atoms with Gasteiger partial charge >= 0.3 is 0 Å². The number of carbonyl (C=O) groups excluding carboxylic acids is 2. The molecule has 3 N–H and O–H groups in total. The Morgan fingerprint density at radius 2 is 1.85 bits per heavy atom. The molecular weight excluding hydrogens is 605 g/mol. The van der Waals surface area contributed by atoms with Gasteiger partial charge in [0.25, 0.3) is 5.91 Å². The molecule has 0 aliphatic heterocycles. The first kappa shape index (κ1) is 35.4. The maximum absolute atomic E-state index is 15.6. The molecular formula is C33H50FN7O4Si. The van der Waals surface area contributed by atoms with Gasteiger partial charge in [-0.05, 0) is 63.1 Å². The zero-order valence-electron chi connectivity index (χ0n) is 28.4. The first-order chi connectivity index (χ1) is 21.8. The molecule has 1 fully saturated rings. The fourth-order valence-corrected chi connectivity index (χ4v) is 7.05. The lowest BCUT2D eigenvalue weighted by Crippen LogP contribution is -2.32. The minimum absolute atomic E-state index is 0.0286. The van der Waals surface area contributed by atoms with Crippen molar-refractivity contribution in [3.8, 4) is 11.1 Å². The van der Waals surface area contributed by atoms with Gasteiger partial charge in [0.15, 0.2) is 0 Å². The van der Waals surface area contributed by atoms with Gasteiger partial charge in [-0.3, -0.25) is 14.3 Å². The van der Waals surface area contributed by atoms with Crippen LogP contribution >= 0.6 is 0 Å². The molecule has 1 saturated carbocycles. The van der Waals surface area contributed by atoms with Crippen LogP contribution in [0.1, 0.15) is 72.4 Å². The van der Waals surface area contributed by atoms with E-state index in [9.17, 15) is 9.59 Å². The Morgan fingerprint density at radius 3 is 2.48 bits per heavy atom. The molecule has 1 aliphatic carbocycles. The van der Waals surface area contributed by atoms with Gasteiger partial charge in [0.2, 0.25) is 11.9 Å². The number of primary amides is 1. The van der Waals surface area contributed by atoms with Crippen LogP contribution in [0.25, 0.3) is 11.1 Å². The number of methoxy groups -OCH3 is 1. The summed E-state index contributed by atoms with van der Waals surface area (Å²) in [6.45, 7) is 14.7. The number of ether oxygens (including phenoxy) is 2. The number of aromatic nitrogens is 5. The quantitative estimate of drug-likeness (QED) is 0.118. The molecule has 0 radical (unpaired) electrons. The van der Waals surface area contributed by atoms with Gasteiger partial charge in [0.05, 0.1) is 17.8 Å². The van der Waals surface area contributed by atoms with E-state index in [2.05, 4.69) is 47.1 Å². The van der Waals surface area contributed by atoms with E-state index >= 15 is 4.39 Å². The molecule has 46 heavy (non-hydrogen) atoms. The van der Waals surface area contributed by atoms with Crippen molar-refractivity contribution in [2.45, 2.75) is 97.8 Å². The maximum Gasteiger partial charge on any atom is 0.267 e. The number of carbonyl (C=O) groups is 2. The molecule has 1 aliphatic rings. The Morgan fingerprint density at radius 1 is 1.13 bits per heavy atom. The number of anilines is 1. The molecule has 11 nitrogen and oxygen atoms in total. The summed E-state index contributed by atoms with van der Waals surface area (Å²) in [6.07, 6.45) is 5.78. The lowest BCUT2D eigenvalue weighted by molar-refractivity contribution is -0.119. The summed E-state index contributed by atoms with van der Waals surface area (Å²) in [4.78, 5) is 30.8. The highest BCUT2D eigenvalue weighted by atomic mass is 28.3. The average Bonchev–Trinajstić information content (AvgIpc) is 3.52. The normalized spacial score (nSPS) is 17.7. The summed E-state index contributed by atoms with van der Waals surface area (Å²) in [5.41, 5.74) is 8.93. The van der Waals surface area contributed by atoms with E-state index in [0.29, 0.717) is 54.5 Å². The zero-order chi connectivity index (χ0) is 33.6. The second-order valence-electron chi connectivity index (χ2n) is 13.8. The highest BCUT2D eigenvalue weighted by molar-refractivity contribution is 6.76. The van der Waals surface area contributed by atoms with Crippen molar-refractivity contribution in [2.24, 2.45) is 17.6 Å². The number of nitrogens with two attached hydrogens (primary N) is 1. The molecule has 0 unspecified atom stereocenters. The predicted octanol–water partition coefficient (Wildman–Crippen LogP) is 5.89. The predicted molar refractivity (Wildman–Crippen MR) is 179 cm³/mol. The standard InChI is InChI=1S/C33H50FN7O4Si/c1-21-9-11-24(12-10-21)29(26-19-36-40(15-8-16-44-4)30(26)32(35)42)33(43)38-27-14-13-25(31(34)37-27)28-22(2)39-41(23(28)3)20-45-17-18-46(5,6)7/h13-14,19,21,24,29H,8-12,15-18,20H2,1-7H3,(H2,35,42)(H,37,38,43)/t21?,24?,29-/m0/s1. The summed E-state index contributed by atoms with van der Waals surface area (Å²) in [5.74, 6) is -1.80. The van der Waals surface area contributed by atoms with Crippen LogP contribution in [0.2, 0.25) is 25.7 Å². The van der Waals surface area contributed by atoms with E-state index in [1.54, 1.807) is 34.8 Å². The van der Waals surface area contributed by atoms with Crippen LogP contribution in [0.4, 0.5) is 10.2 Å². The van der Waals surface area contributed by atoms with E-state index in [4.69, 9.17) is 15.2 Å². The van der Waals surface area contributed by atoms with Crippen molar-refractivity contribution >= 4 is 25.7 Å². The molecule has 3 aromatic heterocycles. The van der Waals surface area contributed by atoms with Gasteiger partial charge in [0.1, 0.15) is 18.2 Å². The van der Waals surface area contributed by atoms with E-state index < -0.39 is 25.8 Å². The summed E-state index contributed by atoms with van der Waals surface area (Å²) in [6, 6.07) is 4.26. The number of nitrogens with one attached hydrogen (secondary N) is 1. The van der Waals surface area contributed by atoms with Gasteiger partial charge < -0.3 is 20.5 Å². The zero-order valence-corrected chi connectivity index (χ0v) is 29.4. The minimum atomic E-state index is -1.22. The number of nitrogens with zero attached hydrogens (tertiary/aromatic N) is 5. The van der Waals surface area contributed by atoms with Crippen molar-refractivity contribution in [3.05, 3.63) is 46.9 Å². The summed E-state index contributed by atoms with van der Waals surface area (Å²) >= 11 is 0. The molecule has 0 spiro atoms. The van der Waals surface area contributed by atoms with Crippen LogP contribution < -0.4 is 11.1 Å². The van der Waals surface area contributed by atoms with E-state index in [1.807, 2.05) is 13.8 Å². The molecule has 2 amide bonds. The third-order valence-corrected chi connectivity index (χ3v) is 10.6. The smallest absolute Gasteiger partial charge is 0.267 e. The molecule has 252 valence electrons. The van der Waals surface area contributed by atoms with E-state index in [1.165, 1.54) is 0 Å². The lowest BCUT2D eigenvalue weighted by Gasteiger charge is -2.32. The number of aryl methyl sites for hydroxylation is 2. The Labute approximate surface area is 272 Å². The van der Waals surface area contributed by atoms with Gasteiger partial charge in [0, 0.05) is 57.3 Å². The van der Waals surface area contributed by atoms with Crippen molar-refractivity contribution < 1.29 is 23.5 Å². The molecule has 4 rings (SSSR count). The second-order valence-corrected chi connectivity index (χ2v) is 19.4. The Balaban J connectivity index is 1.57. The fourth-order valence-electron chi connectivity index (χ4n) is 6.29. The van der Waals surface area contributed by atoms with E-state index in [0.717, 1.165) is 37.4 Å². The lowest BCUT2D eigenvalue weighted by atomic mass is 9.73. The van der Waals surface area contributed by atoms with E-state index in [-0.39, 0.29) is 30.1 Å². The number of amides is 2. The number of halogens is 1. The number of hydrogen-bond donors (Lipinski definition) is 2. The third kappa shape index (κ3) is 8.68. The Kier molecular flexibility index (Phi) is 11.9. The second kappa shape index (κ2) is 15.4. The fraction of sp³-hybridized carbons (Fsp3) is 0.606. The first-order valence-electron chi connectivity index (χ1n) is 16.2. The monoisotopic (exact) mass is 655 g/mol. The molecule has 0 bridgehead atoms. The molecule has 0 aromatic carbocycles. The molecule has 3 aromatic rings. The summed E-state index contributed by atoms with van der Waals surface area (Å²) in [5, 5.41) is 11.9. The third-order valence-electron chi connectivity index (χ3n) is 8.93. The van der Waals surface area contributed by atoms with Crippen LogP contribution in [0.15, 0.2) is 18.3 Å². The van der Waals surface area contributed by atoms with Gasteiger partial charge in [-0.1, -0.05) is 39.4 Å². The topological polar surface area (TPSA) is 139 Å². The summed E-state index contributed by atoms with van der Waals surface area (Å²) < 4.78 is 29.9. The maximum atomic E-state index is 15.6. The van der Waals surface area contributed by atoms with Crippen LogP contribution in [-0.2, 0) is 27.5 Å². The SMILES string of the molecule is COCCCn1ncc([C@@H](C(=O)Nc2ccc(-c3c(C)nn(COCC[Si](C)(C)C)c3C)c(F)n2)C2CCC(C)CC2)c1C(N)=O. The highest BCUT2D eigenvalue weighted by Crippen LogP contribution is 2.40. The van der Waals surface area contributed by atoms with Crippen LogP contribution in [0, 0.1) is 31.6 Å². The van der Waals surface area contributed by atoms with Crippen LogP contribution in [-0.4, -0.2) is 64.8 Å². The van der Waals surface area contributed by atoms with Gasteiger partial charge in [-0.25, -0.2) is 9.67 Å². The Hall–Kier alpha value is -3.42. The van der Waals surface area contributed by atoms with Crippen LogP contribution in [0.3, 0.4) is 0 Å². The first-order valence-corrected chi connectivity index (χ1v) is 19.9. The Bertz CT molecular complexity index is 1510. The average molecular weight is 656 g/mol. The number of hydrogen-bond acceptors (Lipinski definition) is 7. The highest BCUT2D eigenvalue weighted by Gasteiger charge is 2.37. The minimum Gasteiger partial charge on any atom is -0.385 e.